The van der Waals surface area contributed by atoms with Gasteiger partial charge >= 0.3 is 0 Å². The van der Waals surface area contributed by atoms with E-state index in [0.29, 0.717) is 0 Å². The van der Waals surface area contributed by atoms with Gasteiger partial charge in [0, 0.05) is 6.54 Å². The van der Waals surface area contributed by atoms with E-state index in [2.05, 4.69) is 58.3 Å². The molecule has 2 nitrogen and oxygen atoms in total. The summed E-state index contributed by atoms with van der Waals surface area (Å²) in [5, 5.41) is 0. The molecule has 3 unspecified atom stereocenters. The van der Waals surface area contributed by atoms with Crippen molar-refractivity contribution in [2.75, 3.05) is 39.3 Å². The first-order chi connectivity index (χ1) is 10.5. The zero-order valence-electron chi connectivity index (χ0n) is 16.7. The van der Waals surface area contributed by atoms with Crippen molar-refractivity contribution in [2.45, 2.75) is 74.1 Å². The molecule has 0 amide bonds. The maximum Gasteiger partial charge on any atom is 0.000943 e. The van der Waals surface area contributed by atoms with Crippen molar-refractivity contribution in [3.05, 3.63) is 0 Å². The Kier molecular flexibility index (Phi) is 13.3. The fourth-order valence-corrected chi connectivity index (χ4v) is 3.68. The fraction of sp³-hybridized carbons (Fsp3) is 1.00. The number of hydrogen-bond donors (Lipinski definition) is 0. The lowest BCUT2D eigenvalue weighted by atomic mass is 9.82. The monoisotopic (exact) mass is 312 g/mol. The lowest BCUT2D eigenvalue weighted by Crippen LogP contribution is -2.32. The molecule has 0 aliphatic rings. The second-order valence-electron chi connectivity index (χ2n) is 7.14. The molecule has 0 aromatic heterocycles. The smallest absolute Gasteiger partial charge is 0.000943 e. The Labute approximate surface area is 141 Å². The molecule has 22 heavy (non-hydrogen) atoms. The number of hydrogen-bond acceptors (Lipinski definition) is 2. The molecule has 0 aromatic carbocycles. The molecule has 134 valence electrons. The summed E-state index contributed by atoms with van der Waals surface area (Å²) in [6.07, 6.45) is 5.51. The maximum absolute atomic E-state index is 2.58. The van der Waals surface area contributed by atoms with Crippen LogP contribution in [0.2, 0.25) is 0 Å². The summed E-state index contributed by atoms with van der Waals surface area (Å²) in [6.45, 7) is 23.8. The molecule has 0 rings (SSSR count). The second kappa shape index (κ2) is 13.4. The third kappa shape index (κ3) is 9.15. The summed E-state index contributed by atoms with van der Waals surface area (Å²) < 4.78 is 0. The lowest BCUT2D eigenvalue weighted by Gasteiger charge is -2.30. The van der Waals surface area contributed by atoms with Gasteiger partial charge in [-0.25, -0.2) is 0 Å². The molecule has 0 spiro atoms. The molecule has 0 heterocycles. The van der Waals surface area contributed by atoms with Crippen molar-refractivity contribution >= 4 is 0 Å². The van der Waals surface area contributed by atoms with Crippen LogP contribution in [0.4, 0.5) is 0 Å². The van der Waals surface area contributed by atoms with Gasteiger partial charge in [-0.3, -0.25) is 0 Å². The van der Waals surface area contributed by atoms with E-state index in [1.54, 1.807) is 0 Å². The Bertz CT molecular complexity index is 234. The van der Waals surface area contributed by atoms with Gasteiger partial charge < -0.3 is 9.80 Å². The van der Waals surface area contributed by atoms with E-state index in [1.807, 2.05) is 0 Å². The molecular formula is C20H44N2. The van der Waals surface area contributed by atoms with E-state index in [1.165, 1.54) is 65.0 Å². The lowest BCUT2D eigenvalue weighted by molar-refractivity contribution is 0.188. The number of rotatable bonds is 14. The van der Waals surface area contributed by atoms with Crippen molar-refractivity contribution in [2.24, 2.45) is 17.8 Å². The van der Waals surface area contributed by atoms with Crippen LogP contribution in [0.3, 0.4) is 0 Å². The maximum atomic E-state index is 2.58. The molecule has 0 aliphatic heterocycles. The van der Waals surface area contributed by atoms with Gasteiger partial charge in [-0.05, 0) is 69.7 Å². The topological polar surface area (TPSA) is 6.48 Å². The molecule has 0 bridgehead atoms. The quantitative estimate of drug-likeness (QED) is 0.438. The molecule has 0 aliphatic carbocycles. The molecule has 0 fully saturated rings. The van der Waals surface area contributed by atoms with Gasteiger partial charge in [0.1, 0.15) is 0 Å². The highest BCUT2D eigenvalue weighted by Crippen LogP contribution is 2.26. The SMILES string of the molecule is CCC(CC(C)CCCN(CC)CC)C(C)CN(CC)CC. The van der Waals surface area contributed by atoms with Crippen LogP contribution in [0.15, 0.2) is 0 Å². The molecule has 2 heteroatoms. The van der Waals surface area contributed by atoms with Crippen LogP contribution in [0.1, 0.15) is 74.1 Å². The molecule has 0 radical (unpaired) electrons. The minimum absolute atomic E-state index is 0.829. The Morgan fingerprint density at radius 2 is 1.32 bits per heavy atom. The number of nitrogens with zero attached hydrogens (tertiary/aromatic N) is 2. The van der Waals surface area contributed by atoms with E-state index in [4.69, 9.17) is 0 Å². The van der Waals surface area contributed by atoms with Crippen molar-refractivity contribution in [3.8, 4) is 0 Å². The van der Waals surface area contributed by atoms with E-state index in [-0.39, 0.29) is 0 Å². The molecular weight excluding hydrogens is 268 g/mol. The minimum Gasteiger partial charge on any atom is -0.304 e. The Hall–Kier alpha value is -0.0800. The average Bonchev–Trinajstić information content (AvgIpc) is 2.54. The first-order valence-corrected chi connectivity index (χ1v) is 9.96. The summed E-state index contributed by atoms with van der Waals surface area (Å²) in [6, 6.07) is 0. The largest absolute Gasteiger partial charge is 0.304 e. The van der Waals surface area contributed by atoms with Crippen LogP contribution < -0.4 is 0 Å². The molecule has 0 aromatic rings. The van der Waals surface area contributed by atoms with E-state index < -0.39 is 0 Å². The minimum atomic E-state index is 0.829. The predicted octanol–water partition coefficient (Wildman–Crippen LogP) is 5.14. The van der Waals surface area contributed by atoms with Gasteiger partial charge in [-0.1, -0.05) is 54.9 Å². The van der Waals surface area contributed by atoms with Gasteiger partial charge in [0.2, 0.25) is 0 Å². The summed E-state index contributed by atoms with van der Waals surface area (Å²) in [5.74, 6) is 2.60. The predicted molar refractivity (Wildman–Crippen MR) is 102 cm³/mol. The van der Waals surface area contributed by atoms with Gasteiger partial charge in [0.25, 0.3) is 0 Å². The zero-order chi connectivity index (χ0) is 17.0. The Balaban J connectivity index is 4.13. The van der Waals surface area contributed by atoms with Crippen molar-refractivity contribution in [1.29, 1.82) is 0 Å². The van der Waals surface area contributed by atoms with Gasteiger partial charge in [-0.2, -0.15) is 0 Å². The fourth-order valence-electron chi connectivity index (χ4n) is 3.68. The Morgan fingerprint density at radius 3 is 1.77 bits per heavy atom. The van der Waals surface area contributed by atoms with Gasteiger partial charge in [-0.15, -0.1) is 0 Å². The standard InChI is InChI=1S/C20H44N2/c1-8-20(19(7)17-22(11-4)12-5)16-18(6)14-13-15-21(9-2)10-3/h18-20H,8-17H2,1-7H3. The third-order valence-corrected chi connectivity index (χ3v) is 5.54. The second-order valence-corrected chi connectivity index (χ2v) is 7.14. The van der Waals surface area contributed by atoms with Crippen LogP contribution in [-0.4, -0.2) is 49.1 Å². The van der Waals surface area contributed by atoms with Crippen LogP contribution in [0.25, 0.3) is 0 Å². The molecule has 0 saturated carbocycles. The highest BCUT2D eigenvalue weighted by atomic mass is 15.1. The van der Waals surface area contributed by atoms with Crippen LogP contribution >= 0.6 is 0 Å². The van der Waals surface area contributed by atoms with Crippen molar-refractivity contribution < 1.29 is 0 Å². The van der Waals surface area contributed by atoms with E-state index in [9.17, 15) is 0 Å². The highest BCUT2D eigenvalue weighted by Gasteiger charge is 2.20. The first kappa shape index (κ1) is 21.9. The summed E-state index contributed by atoms with van der Waals surface area (Å²) >= 11 is 0. The normalized spacial score (nSPS) is 16.2. The van der Waals surface area contributed by atoms with Gasteiger partial charge in [0.15, 0.2) is 0 Å². The Morgan fingerprint density at radius 1 is 0.773 bits per heavy atom. The van der Waals surface area contributed by atoms with Crippen LogP contribution in [0, 0.1) is 17.8 Å². The van der Waals surface area contributed by atoms with Crippen molar-refractivity contribution in [3.63, 3.8) is 0 Å². The third-order valence-electron chi connectivity index (χ3n) is 5.54. The average molecular weight is 313 g/mol. The molecule has 3 atom stereocenters. The summed E-state index contributed by atoms with van der Waals surface area (Å²) in [4.78, 5) is 5.13. The van der Waals surface area contributed by atoms with Crippen molar-refractivity contribution in [1.82, 2.24) is 9.80 Å². The highest BCUT2D eigenvalue weighted by molar-refractivity contribution is 4.72. The summed E-state index contributed by atoms with van der Waals surface area (Å²) in [7, 11) is 0. The zero-order valence-corrected chi connectivity index (χ0v) is 16.7. The van der Waals surface area contributed by atoms with E-state index >= 15 is 0 Å². The first-order valence-electron chi connectivity index (χ1n) is 9.96. The van der Waals surface area contributed by atoms with Crippen LogP contribution in [0.5, 0.6) is 0 Å². The molecule has 0 saturated heterocycles. The summed E-state index contributed by atoms with van der Waals surface area (Å²) in [5.41, 5.74) is 0. The van der Waals surface area contributed by atoms with Crippen LogP contribution in [-0.2, 0) is 0 Å². The van der Waals surface area contributed by atoms with E-state index in [0.717, 1.165) is 17.8 Å². The molecule has 0 N–H and O–H groups in total. The van der Waals surface area contributed by atoms with Gasteiger partial charge in [0.05, 0.1) is 0 Å².